The Kier molecular flexibility index (Phi) is 5.10. The van der Waals surface area contributed by atoms with Crippen molar-refractivity contribution in [2.45, 2.75) is 0 Å². The highest BCUT2D eigenvalue weighted by Gasteiger charge is 2.17. The molecule has 2 aromatic carbocycles. The molecule has 1 aromatic heterocycles. The molecular weight excluding hydrogens is 357 g/mol. The number of hydrogen-bond donors (Lipinski definition) is 2. The third kappa shape index (κ3) is 3.79. The van der Waals surface area contributed by atoms with Crippen molar-refractivity contribution in [3.8, 4) is 23.1 Å². The van der Waals surface area contributed by atoms with Gasteiger partial charge in [0, 0.05) is 8.35 Å². The minimum atomic E-state index is -1.14. The van der Waals surface area contributed by atoms with Crippen molar-refractivity contribution >= 4 is 20.3 Å². The van der Waals surface area contributed by atoms with E-state index in [1.165, 1.54) is 24.3 Å². The number of aromatic carboxylic acids is 2. The second kappa shape index (κ2) is 7.63. The fourth-order valence-corrected chi connectivity index (χ4v) is 2.66. The van der Waals surface area contributed by atoms with E-state index < -0.39 is 11.9 Å². The molecule has 0 radical (unpaired) electrons. The van der Waals surface area contributed by atoms with Gasteiger partial charge in [-0.3, -0.25) is 0 Å². The first-order chi connectivity index (χ1) is 12.6. The van der Waals surface area contributed by atoms with E-state index in [9.17, 15) is 19.8 Å². The molecule has 0 atom stereocenters. The van der Waals surface area contributed by atoms with Crippen LogP contribution in [0.15, 0.2) is 60.4 Å². The molecule has 1 heterocycles. The fraction of sp³-hybridized carbons (Fsp3) is 0. The van der Waals surface area contributed by atoms with Crippen LogP contribution in [0, 0.1) is 0 Å². The molecule has 0 saturated carbocycles. The average molecular weight is 369 g/mol. The third-order valence-corrected chi connectivity index (χ3v) is 3.89. The molecule has 0 saturated heterocycles. The number of carboxylic acid groups (broad SMARTS) is 2. The number of rotatable bonds is 6. The summed E-state index contributed by atoms with van der Waals surface area (Å²) in [6.45, 7) is 0. The SMILES string of the molecule is O=C(O)c1ccccc1Oc1ccpnc1Oc1ccccc1C(=O)O. The predicted octanol–water partition coefficient (Wildman–Crippen LogP) is 4.64. The summed E-state index contributed by atoms with van der Waals surface area (Å²) < 4.78 is 15.5. The molecule has 0 aliphatic heterocycles. The van der Waals surface area contributed by atoms with Gasteiger partial charge in [-0.05, 0) is 36.1 Å². The summed E-state index contributed by atoms with van der Waals surface area (Å²) in [5.41, 5.74) is -0.0338. The lowest BCUT2D eigenvalue weighted by Crippen LogP contribution is -2.02. The van der Waals surface area contributed by atoms with Gasteiger partial charge in [-0.25, -0.2) is 9.59 Å². The van der Waals surface area contributed by atoms with E-state index in [0.717, 1.165) is 0 Å². The van der Waals surface area contributed by atoms with Crippen molar-refractivity contribution in [2.24, 2.45) is 0 Å². The van der Waals surface area contributed by atoms with Crippen molar-refractivity contribution in [1.29, 1.82) is 0 Å². The zero-order chi connectivity index (χ0) is 18.5. The maximum Gasteiger partial charge on any atom is 0.339 e. The van der Waals surface area contributed by atoms with Gasteiger partial charge in [-0.2, -0.15) is 4.75 Å². The molecule has 3 aromatic rings. The number of aromatic nitrogens is 1. The van der Waals surface area contributed by atoms with Crippen LogP contribution in [0.2, 0.25) is 0 Å². The van der Waals surface area contributed by atoms with Crippen LogP contribution in [0.25, 0.3) is 0 Å². The third-order valence-electron chi connectivity index (χ3n) is 3.31. The van der Waals surface area contributed by atoms with Crippen LogP contribution < -0.4 is 9.47 Å². The Morgan fingerprint density at radius 2 is 1.31 bits per heavy atom. The Labute approximate surface area is 149 Å². The summed E-state index contributed by atoms with van der Waals surface area (Å²) in [5.74, 6) is -0.105. The maximum atomic E-state index is 11.3. The molecule has 0 fully saturated rings. The normalized spacial score (nSPS) is 10.5. The van der Waals surface area contributed by atoms with Crippen molar-refractivity contribution in [3.63, 3.8) is 0 Å². The molecule has 0 spiro atoms. The Morgan fingerprint density at radius 1 is 0.769 bits per heavy atom. The van der Waals surface area contributed by atoms with Gasteiger partial charge in [0.05, 0.1) is 0 Å². The average Bonchev–Trinajstić information content (AvgIpc) is 2.64. The quantitative estimate of drug-likeness (QED) is 0.652. The molecule has 7 nitrogen and oxygen atoms in total. The topological polar surface area (TPSA) is 106 Å². The van der Waals surface area contributed by atoms with Crippen LogP contribution in [0.4, 0.5) is 0 Å². The van der Waals surface area contributed by atoms with Crippen molar-refractivity contribution < 1.29 is 29.3 Å². The second-order valence-corrected chi connectivity index (χ2v) is 5.74. The van der Waals surface area contributed by atoms with Gasteiger partial charge in [-0.1, -0.05) is 24.3 Å². The first kappa shape index (κ1) is 17.4. The summed E-state index contributed by atoms with van der Waals surface area (Å²) >= 11 is 0. The highest BCUT2D eigenvalue weighted by molar-refractivity contribution is 7.24. The summed E-state index contributed by atoms with van der Waals surface area (Å²) in [7, 11) is 0.581. The zero-order valence-corrected chi connectivity index (χ0v) is 14.1. The van der Waals surface area contributed by atoms with E-state index >= 15 is 0 Å². The van der Waals surface area contributed by atoms with Gasteiger partial charge in [0.2, 0.25) is 0 Å². The lowest BCUT2D eigenvalue weighted by molar-refractivity contribution is 0.0682. The fourth-order valence-electron chi connectivity index (χ4n) is 2.14. The molecule has 0 aliphatic rings. The van der Waals surface area contributed by atoms with E-state index in [0.29, 0.717) is 8.35 Å². The zero-order valence-electron chi connectivity index (χ0n) is 13.2. The number of carbonyl (C=O) groups is 2. The number of benzene rings is 2. The first-order valence-electron chi connectivity index (χ1n) is 7.38. The smallest absolute Gasteiger partial charge is 0.339 e. The Balaban J connectivity index is 1.96. The van der Waals surface area contributed by atoms with E-state index in [2.05, 4.69) is 4.75 Å². The molecule has 0 amide bonds. The van der Waals surface area contributed by atoms with Crippen molar-refractivity contribution in [1.82, 2.24) is 4.75 Å². The lowest BCUT2D eigenvalue weighted by Gasteiger charge is -2.13. The minimum Gasteiger partial charge on any atom is -0.478 e. The highest BCUT2D eigenvalue weighted by atomic mass is 31.0. The summed E-state index contributed by atoms with van der Waals surface area (Å²) in [5, 5.41) is 18.5. The summed E-state index contributed by atoms with van der Waals surface area (Å²) in [6.07, 6.45) is 0. The van der Waals surface area contributed by atoms with Crippen molar-refractivity contribution in [2.75, 3.05) is 0 Å². The van der Waals surface area contributed by atoms with E-state index in [1.54, 1.807) is 36.1 Å². The van der Waals surface area contributed by atoms with Gasteiger partial charge in [0.15, 0.2) is 5.75 Å². The molecule has 0 unspecified atom stereocenters. The number of carboxylic acids is 2. The molecule has 2 N–H and O–H groups in total. The standard InChI is InChI=1S/C18H12NO6P/c20-17(21)11-5-1-3-7-13(11)24-15-9-10-26-19-16(15)25-14-8-4-2-6-12(14)18(22)23/h1-10H,(H,20,21)(H,22,23). The largest absolute Gasteiger partial charge is 0.478 e. The number of nitrogens with zero attached hydrogens (tertiary/aromatic N) is 1. The molecular formula is C18H12NO6P. The Morgan fingerprint density at radius 3 is 1.88 bits per heavy atom. The maximum absolute atomic E-state index is 11.3. The molecule has 0 aliphatic carbocycles. The Hall–Kier alpha value is -3.44. The minimum absolute atomic E-state index is 0.0122. The molecule has 8 heteroatoms. The van der Waals surface area contributed by atoms with Crippen LogP contribution in [0.5, 0.6) is 23.1 Å². The number of hydrogen-bond acceptors (Lipinski definition) is 5. The van der Waals surface area contributed by atoms with E-state index in [4.69, 9.17) is 9.47 Å². The molecule has 130 valence electrons. The predicted molar refractivity (Wildman–Crippen MR) is 93.7 cm³/mol. The van der Waals surface area contributed by atoms with Gasteiger partial charge in [0.1, 0.15) is 22.6 Å². The van der Waals surface area contributed by atoms with Gasteiger partial charge >= 0.3 is 11.9 Å². The second-order valence-electron chi connectivity index (χ2n) is 5.01. The first-order valence-corrected chi connectivity index (χ1v) is 8.30. The number of para-hydroxylation sites is 2. The summed E-state index contributed by atoms with van der Waals surface area (Å²) in [6, 6.07) is 13.9. The molecule has 3 rings (SSSR count). The molecule has 0 bridgehead atoms. The van der Waals surface area contributed by atoms with Crippen LogP contribution in [0.1, 0.15) is 20.7 Å². The van der Waals surface area contributed by atoms with Crippen LogP contribution in [0.3, 0.4) is 0 Å². The van der Waals surface area contributed by atoms with Gasteiger partial charge in [-0.15, -0.1) is 0 Å². The van der Waals surface area contributed by atoms with Crippen LogP contribution in [-0.4, -0.2) is 26.9 Å². The Bertz CT molecular complexity index is 897. The van der Waals surface area contributed by atoms with Gasteiger partial charge in [0.25, 0.3) is 5.88 Å². The lowest BCUT2D eigenvalue weighted by atomic mass is 10.2. The van der Waals surface area contributed by atoms with Crippen LogP contribution >= 0.6 is 8.35 Å². The number of ether oxygens (including phenoxy) is 2. The van der Waals surface area contributed by atoms with Crippen LogP contribution in [-0.2, 0) is 0 Å². The summed E-state index contributed by atoms with van der Waals surface area (Å²) in [4.78, 5) is 22.6. The molecule has 26 heavy (non-hydrogen) atoms. The monoisotopic (exact) mass is 369 g/mol. The van der Waals surface area contributed by atoms with Gasteiger partial charge < -0.3 is 19.7 Å². The van der Waals surface area contributed by atoms with E-state index in [-0.39, 0.29) is 34.3 Å². The van der Waals surface area contributed by atoms with Crippen molar-refractivity contribution in [3.05, 3.63) is 71.5 Å². The highest BCUT2D eigenvalue weighted by Crippen LogP contribution is 2.36. The van der Waals surface area contributed by atoms with E-state index in [1.807, 2.05) is 0 Å².